The molecule has 0 unspecified atom stereocenters. The molecule has 0 aliphatic rings. The molecule has 0 bridgehead atoms. The van der Waals surface area contributed by atoms with E-state index in [9.17, 15) is 9.59 Å². The van der Waals surface area contributed by atoms with Gasteiger partial charge in [-0.05, 0) is 66.2 Å². The molecule has 0 heterocycles. The zero-order chi connectivity index (χ0) is 20.6. The van der Waals surface area contributed by atoms with Gasteiger partial charge in [0.1, 0.15) is 5.75 Å². The molecule has 7 heteroatoms. The molecule has 29 heavy (non-hydrogen) atoms. The first-order chi connectivity index (χ1) is 14.0. The van der Waals surface area contributed by atoms with Gasteiger partial charge in [0, 0.05) is 21.3 Å². The lowest BCUT2D eigenvalue weighted by Crippen LogP contribution is -2.17. The van der Waals surface area contributed by atoms with Crippen molar-refractivity contribution < 1.29 is 14.3 Å². The predicted octanol–water partition coefficient (Wildman–Crippen LogP) is 4.47. The Morgan fingerprint density at radius 2 is 1.45 bits per heavy atom. The lowest BCUT2D eigenvalue weighted by Gasteiger charge is -2.07. The maximum Gasteiger partial charge on any atom is 0.271 e. The number of hydrazone groups is 1. The molecule has 0 atom stereocenters. The normalized spacial score (nSPS) is 10.6. The highest BCUT2D eigenvalue weighted by Gasteiger charge is 2.08. The Morgan fingerprint density at radius 1 is 0.862 bits per heavy atom. The molecule has 6 nitrogen and oxygen atoms in total. The fourth-order valence-electron chi connectivity index (χ4n) is 2.43. The van der Waals surface area contributed by atoms with E-state index >= 15 is 0 Å². The van der Waals surface area contributed by atoms with Crippen LogP contribution in [0.4, 0.5) is 5.69 Å². The number of rotatable bonds is 6. The van der Waals surface area contributed by atoms with E-state index in [2.05, 4.69) is 31.8 Å². The fraction of sp³-hybridized carbons (Fsp3) is 0.0455. The monoisotopic (exact) mass is 451 g/mol. The van der Waals surface area contributed by atoms with Gasteiger partial charge in [-0.2, -0.15) is 5.10 Å². The molecule has 0 aliphatic carbocycles. The third kappa shape index (κ3) is 5.76. The molecule has 0 fully saturated rings. The Balaban J connectivity index is 1.56. The minimum Gasteiger partial charge on any atom is -0.497 e. The molecular formula is C22H18BrN3O3. The molecule has 0 spiro atoms. The van der Waals surface area contributed by atoms with Crippen molar-refractivity contribution in [3.05, 3.63) is 94.0 Å². The summed E-state index contributed by atoms with van der Waals surface area (Å²) in [5.41, 5.74) is 4.87. The lowest BCUT2D eigenvalue weighted by atomic mass is 10.1. The number of hydrogen-bond acceptors (Lipinski definition) is 4. The van der Waals surface area contributed by atoms with Crippen molar-refractivity contribution in [2.45, 2.75) is 0 Å². The Kier molecular flexibility index (Phi) is 6.76. The van der Waals surface area contributed by atoms with Gasteiger partial charge in [-0.1, -0.05) is 28.1 Å². The molecule has 3 aromatic carbocycles. The van der Waals surface area contributed by atoms with Gasteiger partial charge in [0.05, 0.1) is 13.3 Å². The second-order valence-electron chi connectivity index (χ2n) is 6.01. The third-order valence-corrected chi connectivity index (χ3v) is 4.54. The van der Waals surface area contributed by atoms with E-state index in [1.165, 1.54) is 0 Å². The van der Waals surface area contributed by atoms with Gasteiger partial charge in [-0.15, -0.1) is 0 Å². The summed E-state index contributed by atoms with van der Waals surface area (Å²) in [6, 6.07) is 20.9. The minimum absolute atomic E-state index is 0.246. The van der Waals surface area contributed by atoms with Crippen LogP contribution in [0.1, 0.15) is 26.3 Å². The molecule has 2 amide bonds. The van der Waals surface area contributed by atoms with Crippen LogP contribution >= 0.6 is 15.9 Å². The first kappa shape index (κ1) is 20.3. The number of amides is 2. The zero-order valence-corrected chi connectivity index (χ0v) is 17.1. The summed E-state index contributed by atoms with van der Waals surface area (Å²) < 4.78 is 6.05. The van der Waals surface area contributed by atoms with Crippen LogP contribution in [0.5, 0.6) is 5.75 Å². The van der Waals surface area contributed by atoms with Crippen molar-refractivity contribution in [1.82, 2.24) is 5.43 Å². The Labute approximate surface area is 176 Å². The summed E-state index contributed by atoms with van der Waals surface area (Å²) >= 11 is 3.36. The van der Waals surface area contributed by atoms with Crippen molar-refractivity contribution in [1.29, 1.82) is 0 Å². The van der Waals surface area contributed by atoms with Crippen LogP contribution in [-0.2, 0) is 0 Å². The molecule has 146 valence electrons. The van der Waals surface area contributed by atoms with Crippen molar-refractivity contribution in [2.24, 2.45) is 5.10 Å². The topological polar surface area (TPSA) is 79.8 Å². The number of hydrogen-bond donors (Lipinski definition) is 2. The number of halogens is 1. The summed E-state index contributed by atoms with van der Waals surface area (Å²) in [4.78, 5) is 24.4. The van der Waals surface area contributed by atoms with E-state index in [1.807, 2.05) is 24.3 Å². The first-order valence-electron chi connectivity index (χ1n) is 8.69. The van der Waals surface area contributed by atoms with E-state index in [-0.39, 0.29) is 11.8 Å². The summed E-state index contributed by atoms with van der Waals surface area (Å²) in [6.07, 6.45) is 1.56. The molecule has 0 aromatic heterocycles. The fourth-order valence-corrected chi connectivity index (χ4v) is 2.69. The average Bonchev–Trinajstić information content (AvgIpc) is 2.75. The maximum absolute atomic E-state index is 12.3. The van der Waals surface area contributed by atoms with E-state index in [0.29, 0.717) is 22.6 Å². The quantitative estimate of drug-likeness (QED) is 0.428. The number of nitrogens with zero attached hydrogens (tertiary/aromatic N) is 1. The summed E-state index contributed by atoms with van der Waals surface area (Å²) in [5.74, 6) is 0.0926. The van der Waals surface area contributed by atoms with Crippen LogP contribution < -0.4 is 15.5 Å². The van der Waals surface area contributed by atoms with Gasteiger partial charge in [-0.25, -0.2) is 5.43 Å². The van der Waals surface area contributed by atoms with Crippen LogP contribution in [-0.4, -0.2) is 25.1 Å². The molecule has 3 aromatic rings. The largest absolute Gasteiger partial charge is 0.497 e. The van der Waals surface area contributed by atoms with Crippen LogP contribution in [0, 0.1) is 0 Å². The second kappa shape index (κ2) is 9.66. The molecular weight excluding hydrogens is 434 g/mol. The van der Waals surface area contributed by atoms with Crippen molar-refractivity contribution in [3.63, 3.8) is 0 Å². The summed E-state index contributed by atoms with van der Waals surface area (Å²) in [5, 5.41) is 6.74. The van der Waals surface area contributed by atoms with Crippen molar-refractivity contribution in [2.75, 3.05) is 12.4 Å². The number of methoxy groups -OCH3 is 1. The SMILES string of the molecule is COc1ccc(C(=O)Nc2ccc(C(=O)N/N=C\c3ccc(Br)cc3)cc2)cc1. The third-order valence-electron chi connectivity index (χ3n) is 4.01. The van der Waals surface area contributed by atoms with Gasteiger partial charge in [-0.3, -0.25) is 9.59 Å². The van der Waals surface area contributed by atoms with Crippen molar-refractivity contribution in [3.8, 4) is 5.75 Å². The van der Waals surface area contributed by atoms with Gasteiger partial charge in [0.15, 0.2) is 0 Å². The molecule has 3 rings (SSSR count). The van der Waals surface area contributed by atoms with Crippen LogP contribution in [0.25, 0.3) is 0 Å². The summed E-state index contributed by atoms with van der Waals surface area (Å²) in [6.45, 7) is 0. The minimum atomic E-state index is -0.341. The standard InChI is InChI=1S/C22H18BrN3O3/c1-29-20-12-6-16(7-13-20)21(27)25-19-10-4-17(5-11-19)22(28)26-24-14-15-2-8-18(23)9-3-15/h2-14H,1H3,(H,25,27)(H,26,28)/b24-14-. The first-order valence-corrected chi connectivity index (χ1v) is 9.49. The predicted molar refractivity (Wildman–Crippen MR) is 117 cm³/mol. The highest BCUT2D eigenvalue weighted by molar-refractivity contribution is 9.10. The van der Waals surface area contributed by atoms with Crippen LogP contribution in [0.15, 0.2) is 82.4 Å². The second-order valence-corrected chi connectivity index (χ2v) is 6.93. The van der Waals surface area contributed by atoms with Gasteiger partial charge >= 0.3 is 0 Å². The summed E-state index contributed by atoms with van der Waals surface area (Å²) in [7, 11) is 1.57. The Hall–Kier alpha value is -3.45. The number of carbonyl (C=O) groups excluding carboxylic acids is 2. The van der Waals surface area contributed by atoms with Crippen molar-refractivity contribution >= 4 is 39.6 Å². The molecule has 0 aliphatic heterocycles. The number of carbonyl (C=O) groups is 2. The zero-order valence-electron chi connectivity index (χ0n) is 15.6. The average molecular weight is 452 g/mol. The van der Waals surface area contributed by atoms with Gasteiger partial charge < -0.3 is 10.1 Å². The molecule has 2 N–H and O–H groups in total. The van der Waals surface area contributed by atoms with E-state index in [0.717, 1.165) is 10.0 Å². The number of benzene rings is 3. The number of ether oxygens (including phenoxy) is 1. The number of nitrogens with one attached hydrogen (secondary N) is 2. The van der Waals surface area contributed by atoms with Gasteiger partial charge in [0.25, 0.3) is 11.8 Å². The van der Waals surface area contributed by atoms with E-state index < -0.39 is 0 Å². The van der Waals surface area contributed by atoms with Gasteiger partial charge in [0.2, 0.25) is 0 Å². The van der Waals surface area contributed by atoms with E-state index in [4.69, 9.17) is 4.74 Å². The Bertz CT molecular complexity index is 1010. The smallest absolute Gasteiger partial charge is 0.271 e. The Morgan fingerprint density at radius 3 is 2.07 bits per heavy atom. The highest BCUT2D eigenvalue weighted by Crippen LogP contribution is 2.15. The molecule has 0 saturated carbocycles. The van der Waals surface area contributed by atoms with Crippen LogP contribution in [0.3, 0.4) is 0 Å². The highest BCUT2D eigenvalue weighted by atomic mass is 79.9. The van der Waals surface area contributed by atoms with E-state index in [1.54, 1.807) is 61.9 Å². The molecule has 0 radical (unpaired) electrons. The number of anilines is 1. The van der Waals surface area contributed by atoms with Crippen LogP contribution in [0.2, 0.25) is 0 Å². The maximum atomic E-state index is 12.3. The lowest BCUT2D eigenvalue weighted by molar-refractivity contribution is 0.0954. The molecule has 0 saturated heterocycles.